The Hall–Kier alpha value is -0.830. The maximum Gasteiger partial charge on any atom is 0.0459 e. The van der Waals surface area contributed by atoms with Crippen molar-refractivity contribution >= 4 is 22.9 Å². The number of halogens is 1. The van der Waals surface area contributed by atoms with Crippen LogP contribution in [0.15, 0.2) is 35.0 Å². The van der Waals surface area contributed by atoms with Gasteiger partial charge in [0, 0.05) is 11.1 Å². The fraction of sp³-hybridized carbons (Fsp3) is 0.167. The molecular formula is C12H12ClNS. The second-order valence-corrected chi connectivity index (χ2v) is 4.72. The highest BCUT2D eigenvalue weighted by Crippen LogP contribution is 2.29. The molecule has 1 aromatic carbocycles. The lowest BCUT2D eigenvalue weighted by Gasteiger charge is -2.09. The van der Waals surface area contributed by atoms with Gasteiger partial charge in [-0.25, -0.2) is 0 Å². The number of nitrogens with two attached hydrogens (primary N) is 1. The van der Waals surface area contributed by atoms with Crippen molar-refractivity contribution in [1.82, 2.24) is 0 Å². The zero-order chi connectivity index (χ0) is 10.8. The van der Waals surface area contributed by atoms with Gasteiger partial charge in [-0.3, -0.25) is 0 Å². The topological polar surface area (TPSA) is 26.0 Å². The van der Waals surface area contributed by atoms with Crippen molar-refractivity contribution in [3.63, 3.8) is 0 Å². The van der Waals surface area contributed by atoms with Crippen molar-refractivity contribution in [3.8, 4) is 11.1 Å². The van der Waals surface area contributed by atoms with Crippen molar-refractivity contribution in [1.29, 1.82) is 0 Å². The van der Waals surface area contributed by atoms with Gasteiger partial charge in [0.2, 0.25) is 0 Å². The molecule has 1 unspecified atom stereocenters. The molecule has 0 radical (unpaired) electrons. The SMILES string of the molecule is CC(N)c1ccc(-c2ccsc2)cc1Cl. The highest BCUT2D eigenvalue weighted by atomic mass is 35.5. The number of rotatable bonds is 2. The van der Waals surface area contributed by atoms with Crippen LogP contribution in [-0.2, 0) is 0 Å². The molecule has 3 heteroatoms. The van der Waals surface area contributed by atoms with Crippen LogP contribution in [0.4, 0.5) is 0 Å². The van der Waals surface area contributed by atoms with Gasteiger partial charge in [0.15, 0.2) is 0 Å². The van der Waals surface area contributed by atoms with Crippen LogP contribution in [0, 0.1) is 0 Å². The van der Waals surface area contributed by atoms with E-state index in [2.05, 4.69) is 22.9 Å². The third kappa shape index (κ3) is 2.23. The standard InChI is InChI=1S/C12H12ClNS/c1-8(14)11-3-2-9(6-12(11)13)10-4-5-15-7-10/h2-8H,14H2,1H3. The van der Waals surface area contributed by atoms with Crippen molar-refractivity contribution in [3.05, 3.63) is 45.6 Å². The lowest BCUT2D eigenvalue weighted by atomic mass is 10.0. The molecule has 0 amide bonds. The van der Waals surface area contributed by atoms with Crippen molar-refractivity contribution in [2.24, 2.45) is 5.73 Å². The lowest BCUT2D eigenvalue weighted by Crippen LogP contribution is -2.05. The average Bonchev–Trinajstić information content (AvgIpc) is 2.69. The Morgan fingerprint density at radius 1 is 1.27 bits per heavy atom. The van der Waals surface area contributed by atoms with E-state index in [-0.39, 0.29) is 6.04 Å². The molecular weight excluding hydrogens is 226 g/mol. The number of hydrogen-bond donors (Lipinski definition) is 1. The van der Waals surface area contributed by atoms with Gasteiger partial charge in [-0.05, 0) is 46.5 Å². The minimum atomic E-state index is -0.0194. The zero-order valence-electron chi connectivity index (χ0n) is 8.41. The summed E-state index contributed by atoms with van der Waals surface area (Å²) in [5, 5.41) is 4.91. The smallest absolute Gasteiger partial charge is 0.0459 e. The molecule has 1 nitrogen and oxygen atoms in total. The van der Waals surface area contributed by atoms with Crippen LogP contribution >= 0.6 is 22.9 Å². The van der Waals surface area contributed by atoms with Crippen LogP contribution in [0.2, 0.25) is 5.02 Å². The Labute approximate surface area is 98.5 Å². The van der Waals surface area contributed by atoms with Crippen LogP contribution < -0.4 is 5.73 Å². The molecule has 78 valence electrons. The molecule has 0 aliphatic carbocycles. The third-order valence-electron chi connectivity index (χ3n) is 2.35. The summed E-state index contributed by atoms with van der Waals surface area (Å²) >= 11 is 7.85. The minimum Gasteiger partial charge on any atom is -0.324 e. The van der Waals surface area contributed by atoms with Gasteiger partial charge in [-0.1, -0.05) is 23.7 Å². The summed E-state index contributed by atoms with van der Waals surface area (Å²) in [4.78, 5) is 0. The van der Waals surface area contributed by atoms with Crippen molar-refractivity contribution in [2.75, 3.05) is 0 Å². The first kappa shape index (κ1) is 10.7. The fourth-order valence-electron chi connectivity index (χ4n) is 1.50. The monoisotopic (exact) mass is 237 g/mol. The van der Waals surface area contributed by atoms with Gasteiger partial charge < -0.3 is 5.73 Å². The van der Waals surface area contributed by atoms with E-state index < -0.39 is 0 Å². The number of thiophene rings is 1. The molecule has 0 aliphatic rings. The molecule has 2 aromatic rings. The normalized spacial score (nSPS) is 12.7. The van der Waals surface area contributed by atoms with Crippen molar-refractivity contribution in [2.45, 2.75) is 13.0 Å². The summed E-state index contributed by atoms with van der Waals surface area (Å²) in [5.74, 6) is 0. The van der Waals surface area contributed by atoms with Gasteiger partial charge in [0.1, 0.15) is 0 Å². The molecule has 0 bridgehead atoms. The maximum absolute atomic E-state index is 6.16. The minimum absolute atomic E-state index is 0.0194. The molecule has 0 spiro atoms. The summed E-state index contributed by atoms with van der Waals surface area (Å²) in [6, 6.07) is 8.10. The Morgan fingerprint density at radius 3 is 2.60 bits per heavy atom. The van der Waals surface area contributed by atoms with Crippen LogP contribution in [0.1, 0.15) is 18.5 Å². The summed E-state index contributed by atoms with van der Waals surface area (Å²) in [5.41, 5.74) is 9.15. The van der Waals surface area contributed by atoms with E-state index in [4.69, 9.17) is 17.3 Å². The molecule has 0 saturated carbocycles. The van der Waals surface area contributed by atoms with Gasteiger partial charge in [-0.2, -0.15) is 11.3 Å². The first-order chi connectivity index (χ1) is 7.18. The largest absolute Gasteiger partial charge is 0.324 e. The van der Waals surface area contributed by atoms with Gasteiger partial charge in [-0.15, -0.1) is 0 Å². The Bertz CT molecular complexity index is 449. The molecule has 1 atom stereocenters. The molecule has 1 aromatic heterocycles. The molecule has 2 rings (SSSR count). The van der Waals surface area contributed by atoms with Crippen LogP contribution in [-0.4, -0.2) is 0 Å². The van der Waals surface area contributed by atoms with E-state index >= 15 is 0 Å². The van der Waals surface area contributed by atoms with E-state index in [9.17, 15) is 0 Å². The van der Waals surface area contributed by atoms with Gasteiger partial charge >= 0.3 is 0 Å². The van der Waals surface area contributed by atoms with Crippen molar-refractivity contribution < 1.29 is 0 Å². The molecule has 0 saturated heterocycles. The molecule has 2 N–H and O–H groups in total. The summed E-state index contributed by atoms with van der Waals surface area (Å²) < 4.78 is 0. The van der Waals surface area contributed by atoms with E-state index in [1.54, 1.807) is 11.3 Å². The second kappa shape index (κ2) is 4.35. The lowest BCUT2D eigenvalue weighted by molar-refractivity contribution is 0.819. The van der Waals surface area contributed by atoms with Crippen LogP contribution in [0.25, 0.3) is 11.1 Å². The highest BCUT2D eigenvalue weighted by molar-refractivity contribution is 7.08. The summed E-state index contributed by atoms with van der Waals surface area (Å²) in [7, 11) is 0. The molecule has 0 fully saturated rings. The quantitative estimate of drug-likeness (QED) is 0.837. The Balaban J connectivity index is 2.42. The molecule has 1 heterocycles. The van der Waals surface area contributed by atoms with Crippen LogP contribution in [0.3, 0.4) is 0 Å². The van der Waals surface area contributed by atoms with E-state index in [1.165, 1.54) is 5.56 Å². The van der Waals surface area contributed by atoms with E-state index in [0.29, 0.717) is 0 Å². The van der Waals surface area contributed by atoms with Crippen LogP contribution in [0.5, 0.6) is 0 Å². The second-order valence-electron chi connectivity index (χ2n) is 3.54. The predicted octanol–water partition coefficient (Wildman–Crippen LogP) is 4.09. The first-order valence-corrected chi connectivity index (χ1v) is 6.08. The fourth-order valence-corrected chi connectivity index (χ4v) is 2.52. The number of benzene rings is 1. The third-order valence-corrected chi connectivity index (χ3v) is 3.36. The summed E-state index contributed by atoms with van der Waals surface area (Å²) in [6.45, 7) is 1.94. The average molecular weight is 238 g/mol. The first-order valence-electron chi connectivity index (χ1n) is 4.76. The highest BCUT2D eigenvalue weighted by Gasteiger charge is 2.06. The zero-order valence-corrected chi connectivity index (χ0v) is 9.98. The Morgan fingerprint density at radius 2 is 2.07 bits per heavy atom. The van der Waals surface area contributed by atoms with Gasteiger partial charge in [0.25, 0.3) is 0 Å². The Kier molecular flexibility index (Phi) is 3.10. The predicted molar refractivity (Wildman–Crippen MR) is 67.4 cm³/mol. The maximum atomic E-state index is 6.16. The molecule has 0 aliphatic heterocycles. The van der Waals surface area contributed by atoms with Gasteiger partial charge in [0.05, 0.1) is 0 Å². The van der Waals surface area contributed by atoms with E-state index in [1.807, 2.05) is 19.1 Å². The molecule has 15 heavy (non-hydrogen) atoms. The van der Waals surface area contributed by atoms with E-state index in [0.717, 1.165) is 16.1 Å². The summed E-state index contributed by atoms with van der Waals surface area (Å²) in [6.07, 6.45) is 0. The number of hydrogen-bond acceptors (Lipinski definition) is 2.